The van der Waals surface area contributed by atoms with Crippen LogP contribution in [-0.4, -0.2) is 103 Å². The average Bonchev–Trinajstić information content (AvgIpc) is 3.41. The van der Waals surface area contributed by atoms with Crippen LogP contribution in [0.3, 0.4) is 0 Å². The molecule has 2 aliphatic heterocycles. The minimum atomic E-state index is -2.22. The molecule has 3 aromatic rings. The first-order chi connectivity index (χ1) is 20.1. The number of hydrogen-bond donors (Lipinski definition) is 3. The number of hydrazine groups is 1. The maximum atomic E-state index is 13.5. The molecule has 1 unspecified atom stereocenters. The molecule has 228 valence electrons. The molecule has 2 aromatic heterocycles. The second kappa shape index (κ2) is 12.6. The van der Waals surface area contributed by atoms with Crippen molar-refractivity contribution in [3.05, 3.63) is 48.3 Å². The van der Waals surface area contributed by atoms with Crippen molar-refractivity contribution in [2.24, 2.45) is 0 Å². The first-order valence-electron chi connectivity index (χ1n) is 14.9. The van der Waals surface area contributed by atoms with Crippen molar-refractivity contribution in [2.75, 3.05) is 67.0 Å². The zero-order valence-electron chi connectivity index (χ0n) is 25.3. The van der Waals surface area contributed by atoms with Gasteiger partial charge in [0.2, 0.25) is 0 Å². The van der Waals surface area contributed by atoms with Gasteiger partial charge in [-0.1, -0.05) is 6.92 Å². The molecule has 1 aromatic carbocycles. The summed E-state index contributed by atoms with van der Waals surface area (Å²) < 4.78 is 24.2. The van der Waals surface area contributed by atoms with E-state index in [2.05, 4.69) is 59.7 Å². The molecule has 1 atom stereocenters. The molecule has 0 aliphatic carbocycles. The van der Waals surface area contributed by atoms with Crippen LogP contribution >= 0.6 is 0 Å². The van der Waals surface area contributed by atoms with Gasteiger partial charge in [-0.2, -0.15) is 4.41 Å². The van der Waals surface area contributed by atoms with E-state index in [1.165, 1.54) is 4.41 Å². The summed E-state index contributed by atoms with van der Waals surface area (Å²) in [5.74, 6) is 0.865. The molecule has 11 nitrogen and oxygen atoms in total. The number of fused-ring (bicyclic) bond motifs is 1. The van der Waals surface area contributed by atoms with Crippen LogP contribution in [0.25, 0.3) is 10.9 Å². The van der Waals surface area contributed by atoms with Crippen LogP contribution in [0.4, 0.5) is 17.2 Å². The number of hydrogen-bond acceptors (Lipinski definition) is 7. The highest BCUT2D eigenvalue weighted by molar-refractivity contribution is 7.80. The largest absolute Gasteiger partial charge is 0.380 e. The number of anilines is 3. The van der Waals surface area contributed by atoms with Crippen molar-refractivity contribution in [1.82, 2.24) is 24.8 Å². The molecule has 42 heavy (non-hydrogen) atoms. The van der Waals surface area contributed by atoms with E-state index in [1.807, 2.05) is 46.3 Å². The van der Waals surface area contributed by atoms with E-state index in [1.54, 1.807) is 6.20 Å². The Morgan fingerprint density at radius 1 is 1.10 bits per heavy atom. The molecule has 1 amide bonds. The van der Waals surface area contributed by atoms with Crippen LogP contribution in [0.2, 0.25) is 0 Å². The normalized spacial score (nSPS) is 18.1. The standard InChI is InChI=1S/C30H44N8O3S/c1-6-30(4,5)36-16-18-37(19-17-36)38(42(40)41)24-9-10-25-23(20-24)21-27(33-25)29(39)35-14-12-34(13-15-35)28-26(32-22(2)3)8-7-11-31-28/h7-11,20-22,32-33H,6,12-19H2,1-5H3,(H,40,41). The van der Waals surface area contributed by atoms with Gasteiger partial charge in [-0.15, -0.1) is 0 Å². The molecule has 0 spiro atoms. The topological polar surface area (TPSA) is 111 Å². The molecular formula is C30H44N8O3S. The van der Waals surface area contributed by atoms with E-state index in [4.69, 9.17) is 0 Å². The van der Waals surface area contributed by atoms with E-state index in [-0.39, 0.29) is 11.4 Å². The molecule has 12 heteroatoms. The summed E-state index contributed by atoms with van der Waals surface area (Å²) in [7, 11) is 0. The van der Waals surface area contributed by atoms with Crippen molar-refractivity contribution in [3.63, 3.8) is 0 Å². The predicted molar refractivity (Wildman–Crippen MR) is 170 cm³/mol. The van der Waals surface area contributed by atoms with Gasteiger partial charge in [-0.05, 0) is 70.5 Å². The highest BCUT2D eigenvalue weighted by atomic mass is 32.2. The Kier molecular flexibility index (Phi) is 9.07. The Morgan fingerprint density at radius 3 is 2.45 bits per heavy atom. The van der Waals surface area contributed by atoms with Gasteiger partial charge in [0, 0.05) is 81.0 Å². The first-order valence-corrected chi connectivity index (χ1v) is 15.9. The number of carbonyl (C=O) groups is 1. The molecule has 0 saturated carbocycles. The van der Waals surface area contributed by atoms with Crippen LogP contribution in [0.15, 0.2) is 42.6 Å². The predicted octanol–water partition coefficient (Wildman–Crippen LogP) is 4.01. The number of rotatable bonds is 9. The van der Waals surface area contributed by atoms with Crippen LogP contribution in [-0.2, 0) is 11.3 Å². The third-order valence-electron chi connectivity index (χ3n) is 8.54. The minimum Gasteiger partial charge on any atom is -0.380 e. The minimum absolute atomic E-state index is 0.0498. The van der Waals surface area contributed by atoms with E-state index in [0.717, 1.165) is 41.9 Å². The van der Waals surface area contributed by atoms with E-state index < -0.39 is 11.3 Å². The lowest BCUT2D eigenvalue weighted by Gasteiger charge is -2.45. The van der Waals surface area contributed by atoms with Gasteiger partial charge in [-0.3, -0.25) is 14.2 Å². The number of aromatic amines is 1. The van der Waals surface area contributed by atoms with Gasteiger partial charge in [0.05, 0.1) is 11.4 Å². The summed E-state index contributed by atoms with van der Waals surface area (Å²) >= 11 is -2.22. The molecular weight excluding hydrogens is 552 g/mol. The maximum absolute atomic E-state index is 13.5. The van der Waals surface area contributed by atoms with E-state index in [9.17, 15) is 13.6 Å². The molecule has 2 saturated heterocycles. The number of nitrogens with one attached hydrogen (secondary N) is 2. The number of amides is 1. The van der Waals surface area contributed by atoms with Crippen LogP contribution in [0, 0.1) is 0 Å². The van der Waals surface area contributed by atoms with Crippen LogP contribution in [0.1, 0.15) is 51.5 Å². The molecule has 2 aliphatic rings. The molecule has 5 rings (SSSR count). The van der Waals surface area contributed by atoms with Crippen molar-refractivity contribution in [2.45, 2.75) is 52.6 Å². The Labute approximate surface area is 251 Å². The molecule has 4 heterocycles. The maximum Gasteiger partial charge on any atom is 0.277 e. The fourth-order valence-electron chi connectivity index (χ4n) is 5.78. The number of carbonyl (C=O) groups excluding carboxylic acids is 1. The molecule has 3 N–H and O–H groups in total. The monoisotopic (exact) mass is 596 g/mol. The highest BCUT2D eigenvalue weighted by Gasteiger charge is 2.32. The van der Waals surface area contributed by atoms with Crippen LogP contribution in [0.5, 0.6) is 0 Å². The summed E-state index contributed by atoms with van der Waals surface area (Å²) in [6.45, 7) is 16.4. The summed E-state index contributed by atoms with van der Waals surface area (Å²) in [5, 5.41) is 6.24. The van der Waals surface area contributed by atoms with Gasteiger partial charge in [0.25, 0.3) is 17.2 Å². The van der Waals surface area contributed by atoms with Crippen molar-refractivity contribution < 1.29 is 13.6 Å². The van der Waals surface area contributed by atoms with Gasteiger partial charge in [0.15, 0.2) is 5.82 Å². The van der Waals surface area contributed by atoms with Crippen molar-refractivity contribution in [1.29, 1.82) is 0 Å². The van der Waals surface area contributed by atoms with Gasteiger partial charge < -0.3 is 20.1 Å². The summed E-state index contributed by atoms with van der Waals surface area (Å²) in [6, 6.07) is 11.7. The second-order valence-electron chi connectivity index (χ2n) is 12.0. The number of aromatic nitrogens is 2. The number of benzene rings is 1. The van der Waals surface area contributed by atoms with Gasteiger partial charge >= 0.3 is 0 Å². The lowest BCUT2D eigenvalue weighted by Crippen LogP contribution is -2.58. The van der Waals surface area contributed by atoms with Crippen molar-refractivity contribution in [3.8, 4) is 0 Å². The van der Waals surface area contributed by atoms with E-state index >= 15 is 0 Å². The number of nitrogens with zero attached hydrogens (tertiary/aromatic N) is 6. The fourth-order valence-corrected chi connectivity index (χ4v) is 6.43. The fraction of sp³-hybridized carbons (Fsp3) is 0.533. The van der Waals surface area contributed by atoms with E-state index in [0.29, 0.717) is 56.7 Å². The molecule has 2 fully saturated rings. The Bertz CT molecular complexity index is 1410. The molecule has 0 radical (unpaired) electrons. The summed E-state index contributed by atoms with van der Waals surface area (Å²) in [6.07, 6.45) is 2.85. The Morgan fingerprint density at radius 2 is 1.81 bits per heavy atom. The lowest BCUT2D eigenvalue weighted by atomic mass is 9.98. The first kappa shape index (κ1) is 30.3. The molecule has 0 bridgehead atoms. The smallest absolute Gasteiger partial charge is 0.277 e. The van der Waals surface area contributed by atoms with Crippen molar-refractivity contribution >= 4 is 45.3 Å². The Balaban J connectivity index is 1.26. The lowest BCUT2D eigenvalue weighted by molar-refractivity contribution is 0.0524. The SMILES string of the molecule is CCC(C)(C)N1CCN(N(c2ccc3[nH]c(C(=O)N4CCN(c5ncccc5NC(C)C)CC4)cc3c2)S(=O)O)CC1. The van der Waals surface area contributed by atoms with Gasteiger partial charge in [0.1, 0.15) is 5.69 Å². The zero-order valence-corrected chi connectivity index (χ0v) is 26.2. The summed E-state index contributed by atoms with van der Waals surface area (Å²) in [4.78, 5) is 27.9. The number of H-pyrrole nitrogens is 1. The average molecular weight is 597 g/mol. The quantitative estimate of drug-likeness (QED) is 0.318. The summed E-state index contributed by atoms with van der Waals surface area (Å²) in [5.41, 5.74) is 3.06. The highest BCUT2D eigenvalue weighted by Crippen LogP contribution is 2.29. The van der Waals surface area contributed by atoms with Crippen LogP contribution < -0.4 is 14.6 Å². The third-order valence-corrected chi connectivity index (χ3v) is 9.27. The third kappa shape index (κ3) is 6.41. The second-order valence-corrected chi connectivity index (χ2v) is 12.8. The zero-order chi connectivity index (χ0) is 30.0. The Hall–Kier alpha value is -3.19. The number of piperazine rings is 2. The van der Waals surface area contributed by atoms with Gasteiger partial charge in [-0.25, -0.2) is 14.2 Å². The number of pyridine rings is 1.